The molecule has 2 aromatic carbocycles. The molecule has 0 saturated heterocycles. The molecule has 6 nitrogen and oxygen atoms in total. The van der Waals surface area contributed by atoms with Crippen LogP contribution in [0, 0.1) is 0 Å². The molecule has 0 fully saturated rings. The number of carbonyl (C=O) groups excluding carboxylic acids is 1. The average Bonchev–Trinajstić information content (AvgIpc) is 3.44. The van der Waals surface area contributed by atoms with Gasteiger partial charge in [0, 0.05) is 23.5 Å². The zero-order valence-corrected chi connectivity index (χ0v) is 19.1. The minimum Gasteiger partial charge on any atom is -0.350 e. The third kappa shape index (κ3) is 4.37. The first-order chi connectivity index (χ1) is 14.9. The molecule has 1 atom stereocenters. The smallest absolute Gasteiger partial charge is 0.264 e. The number of nitrogens with one attached hydrogen (secondary N) is 1. The summed E-state index contributed by atoms with van der Waals surface area (Å²) in [4.78, 5) is 16.1. The zero-order valence-electron chi connectivity index (χ0n) is 17.5. The van der Waals surface area contributed by atoms with Gasteiger partial charge in [-0.1, -0.05) is 30.3 Å². The van der Waals surface area contributed by atoms with Gasteiger partial charge in [0.15, 0.2) is 0 Å². The van der Waals surface area contributed by atoms with E-state index in [-0.39, 0.29) is 16.8 Å². The van der Waals surface area contributed by atoms with Gasteiger partial charge in [-0.05, 0) is 61.8 Å². The number of amides is 1. The van der Waals surface area contributed by atoms with E-state index in [1.54, 1.807) is 29.5 Å². The van der Waals surface area contributed by atoms with Crippen LogP contribution in [0.3, 0.4) is 0 Å². The van der Waals surface area contributed by atoms with Gasteiger partial charge in [0.25, 0.3) is 15.9 Å². The monoisotopic (exact) mass is 455 g/mol. The van der Waals surface area contributed by atoms with Crippen molar-refractivity contribution in [1.82, 2.24) is 10.2 Å². The second kappa shape index (κ2) is 8.82. The number of para-hydroxylation sites is 1. The molecule has 4 rings (SSSR count). The number of rotatable bonds is 7. The Labute approximate surface area is 187 Å². The molecule has 1 N–H and O–H groups in total. The SMILES string of the molecule is CN(C)[C@H](CNC(=O)c1cccc(S(=O)(=O)N2CCc3ccccc32)c1)c1cccs1. The number of hydrogen-bond donors (Lipinski definition) is 1. The average molecular weight is 456 g/mol. The van der Waals surface area contributed by atoms with Crippen molar-refractivity contribution in [3.8, 4) is 0 Å². The molecule has 162 valence electrons. The van der Waals surface area contributed by atoms with Crippen LogP contribution in [-0.2, 0) is 16.4 Å². The minimum absolute atomic E-state index is 0.0527. The second-order valence-electron chi connectivity index (χ2n) is 7.69. The molecular weight excluding hydrogens is 430 g/mol. The third-order valence-electron chi connectivity index (χ3n) is 5.48. The highest BCUT2D eigenvalue weighted by Crippen LogP contribution is 2.32. The highest BCUT2D eigenvalue weighted by atomic mass is 32.2. The van der Waals surface area contributed by atoms with E-state index in [1.807, 2.05) is 55.9 Å². The van der Waals surface area contributed by atoms with Crippen LogP contribution in [0.2, 0.25) is 0 Å². The lowest BCUT2D eigenvalue weighted by Crippen LogP contribution is -2.34. The van der Waals surface area contributed by atoms with Gasteiger partial charge in [0.05, 0.1) is 16.6 Å². The van der Waals surface area contributed by atoms with Crippen molar-refractivity contribution in [3.63, 3.8) is 0 Å². The van der Waals surface area contributed by atoms with Crippen molar-refractivity contribution >= 4 is 33.0 Å². The predicted octanol–water partition coefficient (Wildman–Crippen LogP) is 3.53. The van der Waals surface area contributed by atoms with Gasteiger partial charge in [0.1, 0.15) is 0 Å². The van der Waals surface area contributed by atoms with Crippen LogP contribution in [0.15, 0.2) is 70.9 Å². The number of fused-ring (bicyclic) bond motifs is 1. The van der Waals surface area contributed by atoms with Crippen molar-refractivity contribution in [2.24, 2.45) is 0 Å². The number of sulfonamides is 1. The van der Waals surface area contributed by atoms with Crippen molar-refractivity contribution < 1.29 is 13.2 Å². The Bertz CT molecular complexity index is 1170. The van der Waals surface area contributed by atoms with Crippen molar-refractivity contribution in [2.45, 2.75) is 17.4 Å². The standard InChI is InChI=1S/C23H25N3O3S2/c1-25(2)21(22-11-6-14-30-22)16-24-23(27)18-8-5-9-19(15-18)31(28,29)26-13-12-17-7-3-4-10-20(17)26/h3-11,14-15,21H,12-13,16H2,1-2H3,(H,24,27)/t21-/m1/s1. The van der Waals surface area contributed by atoms with Crippen LogP contribution in [0.5, 0.6) is 0 Å². The van der Waals surface area contributed by atoms with Gasteiger partial charge >= 0.3 is 0 Å². The molecule has 1 amide bonds. The molecule has 1 aromatic heterocycles. The van der Waals surface area contributed by atoms with E-state index < -0.39 is 10.0 Å². The van der Waals surface area contributed by atoms with E-state index in [1.165, 1.54) is 10.4 Å². The molecule has 0 bridgehead atoms. The van der Waals surface area contributed by atoms with E-state index in [0.717, 1.165) is 10.4 Å². The van der Waals surface area contributed by atoms with Crippen molar-refractivity contribution in [1.29, 1.82) is 0 Å². The Morgan fingerprint density at radius 1 is 1.13 bits per heavy atom. The molecule has 31 heavy (non-hydrogen) atoms. The van der Waals surface area contributed by atoms with Crippen molar-refractivity contribution in [3.05, 3.63) is 82.0 Å². The molecule has 0 radical (unpaired) electrons. The highest BCUT2D eigenvalue weighted by Gasteiger charge is 2.31. The fourth-order valence-corrected chi connectivity index (χ4v) is 6.26. The van der Waals surface area contributed by atoms with Crippen LogP contribution in [-0.4, -0.2) is 46.4 Å². The van der Waals surface area contributed by atoms with Crippen LogP contribution < -0.4 is 9.62 Å². The van der Waals surface area contributed by atoms with Crippen LogP contribution in [0.4, 0.5) is 5.69 Å². The summed E-state index contributed by atoms with van der Waals surface area (Å²) in [5, 5.41) is 4.96. The van der Waals surface area contributed by atoms with Gasteiger partial charge in [-0.2, -0.15) is 0 Å². The molecule has 1 aliphatic rings. The normalized spacial score (nSPS) is 14.5. The van der Waals surface area contributed by atoms with Crippen LogP contribution >= 0.6 is 11.3 Å². The second-order valence-corrected chi connectivity index (χ2v) is 10.5. The topological polar surface area (TPSA) is 69.7 Å². The summed E-state index contributed by atoms with van der Waals surface area (Å²) in [7, 11) is 0.198. The number of hydrogen-bond acceptors (Lipinski definition) is 5. The molecule has 3 aromatic rings. The number of thiophene rings is 1. The first kappa shape index (κ1) is 21.5. The maximum Gasteiger partial charge on any atom is 0.264 e. The van der Waals surface area contributed by atoms with Crippen LogP contribution in [0.25, 0.3) is 0 Å². The lowest BCUT2D eigenvalue weighted by atomic mass is 10.2. The molecule has 1 aliphatic heterocycles. The summed E-state index contributed by atoms with van der Waals surface area (Å²) in [5.74, 6) is -0.290. The molecule has 0 unspecified atom stereocenters. The quantitative estimate of drug-likeness (QED) is 0.592. The molecule has 0 saturated carbocycles. The summed E-state index contributed by atoms with van der Waals surface area (Å²) >= 11 is 1.64. The van der Waals surface area contributed by atoms with E-state index in [2.05, 4.69) is 10.2 Å². The van der Waals surface area contributed by atoms with Gasteiger partial charge in [-0.15, -0.1) is 11.3 Å². The lowest BCUT2D eigenvalue weighted by Gasteiger charge is -2.23. The molecular formula is C23H25N3O3S2. The number of carbonyl (C=O) groups is 1. The van der Waals surface area contributed by atoms with Gasteiger partial charge in [-0.25, -0.2) is 8.42 Å². The predicted molar refractivity (Wildman–Crippen MR) is 124 cm³/mol. The van der Waals surface area contributed by atoms with Gasteiger partial charge in [0.2, 0.25) is 0 Å². The third-order valence-corrected chi connectivity index (χ3v) is 8.26. The van der Waals surface area contributed by atoms with E-state index in [4.69, 9.17) is 0 Å². The Balaban J connectivity index is 1.52. The fraction of sp³-hybridized carbons (Fsp3) is 0.261. The van der Waals surface area contributed by atoms with Gasteiger partial charge in [-0.3, -0.25) is 9.10 Å². The molecule has 2 heterocycles. The van der Waals surface area contributed by atoms with E-state index in [0.29, 0.717) is 30.8 Å². The maximum absolute atomic E-state index is 13.3. The number of likely N-dealkylation sites (N-methyl/N-ethyl adjacent to an activating group) is 1. The summed E-state index contributed by atoms with van der Waals surface area (Å²) in [6, 6.07) is 17.9. The first-order valence-corrected chi connectivity index (χ1v) is 12.4. The summed E-state index contributed by atoms with van der Waals surface area (Å²) < 4.78 is 28.0. The Morgan fingerprint density at radius 3 is 2.68 bits per heavy atom. The van der Waals surface area contributed by atoms with Crippen LogP contribution in [0.1, 0.15) is 26.8 Å². The highest BCUT2D eigenvalue weighted by molar-refractivity contribution is 7.92. The first-order valence-electron chi connectivity index (χ1n) is 10.1. The number of anilines is 1. The fourth-order valence-electron chi connectivity index (χ4n) is 3.79. The number of nitrogens with zero attached hydrogens (tertiary/aromatic N) is 2. The Morgan fingerprint density at radius 2 is 1.94 bits per heavy atom. The summed E-state index contributed by atoms with van der Waals surface area (Å²) in [5.41, 5.74) is 2.06. The molecule has 0 aliphatic carbocycles. The summed E-state index contributed by atoms with van der Waals surface area (Å²) in [6.45, 7) is 0.840. The maximum atomic E-state index is 13.3. The Hall–Kier alpha value is -2.68. The van der Waals surface area contributed by atoms with E-state index >= 15 is 0 Å². The van der Waals surface area contributed by atoms with E-state index in [9.17, 15) is 13.2 Å². The largest absolute Gasteiger partial charge is 0.350 e. The zero-order chi connectivity index (χ0) is 22.0. The minimum atomic E-state index is -3.74. The Kier molecular flexibility index (Phi) is 6.13. The van der Waals surface area contributed by atoms with Crippen molar-refractivity contribution in [2.75, 3.05) is 31.5 Å². The molecule has 8 heteroatoms. The number of benzene rings is 2. The van der Waals surface area contributed by atoms with Gasteiger partial charge < -0.3 is 10.2 Å². The lowest BCUT2D eigenvalue weighted by molar-refractivity contribution is 0.0942. The molecule has 0 spiro atoms. The summed E-state index contributed by atoms with van der Waals surface area (Å²) in [6.07, 6.45) is 0.685.